The largest absolute Gasteiger partial charge is 0.875 e. The van der Waals surface area contributed by atoms with Crippen molar-refractivity contribution in [3.05, 3.63) is 165 Å². The van der Waals surface area contributed by atoms with Crippen LogP contribution < -0.4 is 20.9 Å². The van der Waals surface area contributed by atoms with Gasteiger partial charge in [0.05, 0.1) is 18.7 Å². The molecule has 8 heteroatoms. The number of hydrogen-bond acceptors (Lipinski definition) is 8. The van der Waals surface area contributed by atoms with Crippen LogP contribution in [0.2, 0.25) is 0 Å². The Bertz CT molecular complexity index is 2380. The number of fused-ring (bicyclic) bond motifs is 3. The smallest absolute Gasteiger partial charge is 0.161 e. The lowest BCUT2D eigenvalue weighted by molar-refractivity contribution is -0.307. The van der Waals surface area contributed by atoms with Gasteiger partial charge < -0.3 is 31.1 Å². The van der Waals surface area contributed by atoms with Gasteiger partial charge in [-0.1, -0.05) is 79.8 Å². The van der Waals surface area contributed by atoms with Crippen molar-refractivity contribution in [1.82, 2.24) is 5.32 Å². The predicted octanol–water partition coefficient (Wildman–Crippen LogP) is 8.61. The molecule has 302 valence electrons. The maximum atomic E-state index is 13.9. The minimum Gasteiger partial charge on any atom is -0.875 e. The first-order valence-electron chi connectivity index (χ1n) is 20.7. The average Bonchev–Trinajstić information content (AvgIpc) is 3.72. The summed E-state index contributed by atoms with van der Waals surface area (Å²) in [5, 5.41) is 38.9. The molecule has 0 fully saturated rings. The van der Waals surface area contributed by atoms with Crippen LogP contribution in [-0.2, 0) is 24.1 Å². The van der Waals surface area contributed by atoms with E-state index in [1.54, 1.807) is 36.6 Å². The molecule has 2 aliphatic heterocycles. The third-order valence-electron chi connectivity index (χ3n) is 11.4. The van der Waals surface area contributed by atoms with Gasteiger partial charge in [-0.3, -0.25) is 9.79 Å². The van der Waals surface area contributed by atoms with Crippen molar-refractivity contribution in [2.75, 3.05) is 6.61 Å². The Labute approximate surface area is 347 Å². The number of phenolic OH excluding ortho intramolecular Hbond substituents is 2. The maximum Gasteiger partial charge on any atom is 0.161 e. The molecule has 59 heavy (non-hydrogen) atoms. The zero-order valence-electron chi connectivity index (χ0n) is 33.6. The fraction of sp³-hybridized carbons (Fsp3) is 0.294. The Morgan fingerprint density at radius 2 is 1.76 bits per heavy atom. The van der Waals surface area contributed by atoms with Crippen molar-refractivity contribution < 1.29 is 24.9 Å². The number of ketones is 1. The standard InChI is InChI=1S/C51H53N3O5/c1-34(15-16-35-10-5-3-6-11-35)9-4-2-7-13-40(55)20-17-36-19-22-48(57)50(30-36)59-28-25-37-18-21-47(56)45(29-37)44-33-49(58)41-24-27-53-46(41)14-8-12-38-32-43-39(31-42(38)44)23-26-54-51(43)52/h3,5-7,10-11,13,18-19,21-24,26-27,29-32,34,44,51,54,56-58H,2,4,9,14-17,20,25,28,33,52H2,1H3/p-1. The SMILES string of the molecule is CC(CCCC=CC(=O)CCc1ccc(O)c(OCCc2ccc(O)c(C3CC([O-])=C4C=CN=C4CC#Cc4cc5c(cc43)C=CNC5N)c2)c1)CCc1ccccc1. The Kier molecular flexibility index (Phi) is 13.5. The van der Waals surface area contributed by atoms with E-state index in [2.05, 4.69) is 59.4 Å². The highest BCUT2D eigenvalue weighted by Gasteiger charge is 2.26. The molecule has 0 bridgehead atoms. The van der Waals surface area contributed by atoms with Crippen LogP contribution >= 0.6 is 0 Å². The molecule has 1 aliphatic carbocycles. The number of nitrogens with one attached hydrogen (secondary N) is 1. The summed E-state index contributed by atoms with van der Waals surface area (Å²) in [4.78, 5) is 17.1. The van der Waals surface area contributed by atoms with E-state index in [1.165, 1.54) is 12.0 Å². The fourth-order valence-corrected chi connectivity index (χ4v) is 7.96. The van der Waals surface area contributed by atoms with Gasteiger partial charge in [-0.25, -0.2) is 0 Å². The summed E-state index contributed by atoms with van der Waals surface area (Å²) in [7, 11) is 0. The number of aliphatic imine (C=N–C) groups is 1. The van der Waals surface area contributed by atoms with Crippen LogP contribution in [0, 0.1) is 17.8 Å². The number of ether oxygens (including phenoxy) is 1. The summed E-state index contributed by atoms with van der Waals surface area (Å²) in [6, 6.07) is 25.2. The molecule has 5 N–H and O–H groups in total. The molecule has 8 nitrogen and oxygen atoms in total. The van der Waals surface area contributed by atoms with Crippen molar-refractivity contribution >= 4 is 17.6 Å². The molecule has 2 heterocycles. The predicted molar refractivity (Wildman–Crippen MR) is 233 cm³/mol. The van der Waals surface area contributed by atoms with Gasteiger partial charge in [0.15, 0.2) is 17.3 Å². The van der Waals surface area contributed by atoms with E-state index in [0.29, 0.717) is 54.2 Å². The zero-order chi connectivity index (χ0) is 41.1. The highest BCUT2D eigenvalue weighted by molar-refractivity contribution is 6.06. The van der Waals surface area contributed by atoms with Gasteiger partial charge in [-0.15, -0.1) is 5.76 Å². The second-order valence-corrected chi connectivity index (χ2v) is 15.7. The van der Waals surface area contributed by atoms with Gasteiger partial charge >= 0.3 is 0 Å². The Morgan fingerprint density at radius 1 is 0.949 bits per heavy atom. The number of carbonyl (C=O) groups is 1. The molecule has 0 saturated heterocycles. The molecule has 7 rings (SSSR count). The van der Waals surface area contributed by atoms with E-state index >= 15 is 0 Å². The van der Waals surface area contributed by atoms with Crippen LogP contribution in [0.15, 0.2) is 126 Å². The number of phenols is 2. The molecule has 0 aromatic heterocycles. The lowest BCUT2D eigenvalue weighted by Crippen LogP contribution is -2.27. The van der Waals surface area contributed by atoms with Gasteiger partial charge in [0.2, 0.25) is 0 Å². The van der Waals surface area contributed by atoms with Crippen molar-refractivity contribution in [3.63, 3.8) is 0 Å². The van der Waals surface area contributed by atoms with Crippen molar-refractivity contribution in [1.29, 1.82) is 0 Å². The highest BCUT2D eigenvalue weighted by Crippen LogP contribution is 2.41. The van der Waals surface area contributed by atoms with Gasteiger partial charge in [0, 0.05) is 36.1 Å². The number of nitrogens with zero attached hydrogens (tertiary/aromatic N) is 1. The van der Waals surface area contributed by atoms with Gasteiger partial charge in [0.25, 0.3) is 0 Å². The molecule has 0 saturated carbocycles. The molecule has 3 aliphatic rings. The molecular formula is C51H52N3O5-. The van der Waals surface area contributed by atoms with E-state index in [0.717, 1.165) is 59.1 Å². The lowest BCUT2D eigenvalue weighted by Gasteiger charge is -2.29. The molecular weight excluding hydrogens is 735 g/mol. The Hall–Kier alpha value is -6.30. The number of aromatic hydroxyl groups is 2. The van der Waals surface area contributed by atoms with Crippen LogP contribution in [0.4, 0.5) is 0 Å². The summed E-state index contributed by atoms with van der Waals surface area (Å²) in [5.41, 5.74) is 14.8. The molecule has 0 spiro atoms. The normalized spacial score (nSPS) is 17.3. The van der Waals surface area contributed by atoms with E-state index in [-0.39, 0.29) is 36.1 Å². The fourth-order valence-electron chi connectivity index (χ4n) is 7.96. The summed E-state index contributed by atoms with van der Waals surface area (Å²) in [6.07, 6.45) is 17.7. The molecule has 4 aromatic carbocycles. The Morgan fingerprint density at radius 3 is 2.61 bits per heavy atom. The maximum absolute atomic E-state index is 13.9. The third-order valence-corrected chi connectivity index (χ3v) is 11.4. The monoisotopic (exact) mass is 786 g/mol. The van der Waals surface area contributed by atoms with Crippen LogP contribution in [0.3, 0.4) is 0 Å². The topological polar surface area (TPSA) is 140 Å². The lowest BCUT2D eigenvalue weighted by atomic mass is 9.80. The quantitative estimate of drug-likeness (QED) is 0.0507. The molecule has 4 aromatic rings. The van der Waals surface area contributed by atoms with Gasteiger partial charge in [0.1, 0.15) is 11.9 Å². The molecule has 3 unspecified atom stereocenters. The van der Waals surface area contributed by atoms with E-state index < -0.39 is 12.1 Å². The van der Waals surface area contributed by atoms with Crippen molar-refractivity contribution in [3.8, 4) is 29.1 Å². The first kappa shape index (κ1) is 40.9. The minimum absolute atomic E-state index is 0.0239. The first-order valence-corrected chi connectivity index (χ1v) is 20.7. The first-order chi connectivity index (χ1) is 28.7. The number of rotatable bonds is 16. The third kappa shape index (κ3) is 10.6. The van der Waals surface area contributed by atoms with Crippen LogP contribution in [0.5, 0.6) is 17.2 Å². The van der Waals surface area contributed by atoms with Crippen LogP contribution in [0.1, 0.15) is 108 Å². The number of hydrogen-bond donors (Lipinski definition) is 4. The Balaban J connectivity index is 0.969. The summed E-state index contributed by atoms with van der Waals surface area (Å²) in [5.74, 6) is 7.15. The van der Waals surface area contributed by atoms with Gasteiger partial charge in [-0.2, -0.15) is 0 Å². The number of allylic oxidation sites excluding steroid dienone is 5. The molecule has 3 atom stereocenters. The number of aryl methyl sites for hydroxylation is 2. The molecule has 0 radical (unpaired) electrons. The number of benzene rings is 4. The van der Waals surface area contributed by atoms with Crippen LogP contribution in [0.25, 0.3) is 6.08 Å². The van der Waals surface area contributed by atoms with E-state index in [1.807, 2.05) is 48.7 Å². The zero-order valence-corrected chi connectivity index (χ0v) is 33.6. The molecule has 0 amide bonds. The van der Waals surface area contributed by atoms with Gasteiger partial charge in [-0.05, 0) is 138 Å². The number of nitrogens with two attached hydrogens (primary N) is 1. The number of carbonyl (C=O) groups excluding carboxylic acids is 1. The summed E-state index contributed by atoms with van der Waals surface area (Å²) >= 11 is 0. The van der Waals surface area contributed by atoms with Crippen molar-refractivity contribution in [2.24, 2.45) is 16.6 Å². The second kappa shape index (κ2) is 19.4. The summed E-state index contributed by atoms with van der Waals surface area (Å²) < 4.78 is 6.08. The van der Waals surface area contributed by atoms with E-state index in [4.69, 9.17) is 10.5 Å². The van der Waals surface area contributed by atoms with Crippen LogP contribution in [-0.4, -0.2) is 28.3 Å². The number of unbranched alkanes of at least 4 members (excludes halogenated alkanes) is 1. The minimum atomic E-state index is -0.504. The van der Waals surface area contributed by atoms with Crippen molar-refractivity contribution in [2.45, 2.75) is 83.2 Å². The summed E-state index contributed by atoms with van der Waals surface area (Å²) in [6.45, 7) is 2.56. The average molecular weight is 787 g/mol. The highest BCUT2D eigenvalue weighted by atomic mass is 16.5. The van der Waals surface area contributed by atoms with E-state index in [9.17, 15) is 20.1 Å². The second-order valence-electron chi connectivity index (χ2n) is 15.7.